The maximum absolute atomic E-state index is 15.0. The summed E-state index contributed by atoms with van der Waals surface area (Å²) in [7, 11) is 1.46. The monoisotopic (exact) mass is 483 g/mol. The van der Waals surface area contributed by atoms with Gasteiger partial charge in [-0.3, -0.25) is 9.59 Å². The Morgan fingerprint density at radius 1 is 1.14 bits per heavy atom. The lowest BCUT2D eigenvalue weighted by Gasteiger charge is -2.26. The van der Waals surface area contributed by atoms with E-state index < -0.39 is 23.5 Å². The SMILES string of the molecule is COc1ccc(C(C)(C)C)cc1/C(O)=C1\C(=O)C(=O)N(CCCOC(C)C)C1c1ccccc1F. The number of likely N-dealkylation sites (tertiary alicyclic amines) is 1. The van der Waals surface area contributed by atoms with Crippen molar-refractivity contribution in [3.05, 3.63) is 70.5 Å². The maximum Gasteiger partial charge on any atom is 0.295 e. The molecule has 188 valence electrons. The summed E-state index contributed by atoms with van der Waals surface area (Å²) in [6.45, 7) is 10.4. The highest BCUT2D eigenvalue weighted by molar-refractivity contribution is 6.46. The first-order chi connectivity index (χ1) is 16.5. The van der Waals surface area contributed by atoms with Crippen LogP contribution in [-0.4, -0.2) is 48.1 Å². The van der Waals surface area contributed by atoms with Gasteiger partial charge in [-0.15, -0.1) is 0 Å². The van der Waals surface area contributed by atoms with E-state index in [4.69, 9.17) is 9.47 Å². The smallest absolute Gasteiger partial charge is 0.295 e. The third kappa shape index (κ3) is 5.56. The normalized spacial score (nSPS) is 17.9. The number of benzene rings is 2. The van der Waals surface area contributed by atoms with Crippen molar-refractivity contribution >= 4 is 17.4 Å². The highest BCUT2D eigenvalue weighted by atomic mass is 19.1. The lowest BCUT2D eigenvalue weighted by atomic mass is 9.85. The van der Waals surface area contributed by atoms with Crippen LogP contribution < -0.4 is 4.74 Å². The second kappa shape index (κ2) is 10.6. The Labute approximate surface area is 206 Å². The summed E-state index contributed by atoms with van der Waals surface area (Å²) in [5, 5.41) is 11.4. The van der Waals surface area contributed by atoms with Crippen LogP contribution >= 0.6 is 0 Å². The molecule has 6 nitrogen and oxygen atoms in total. The van der Waals surface area contributed by atoms with Gasteiger partial charge in [0, 0.05) is 18.7 Å². The van der Waals surface area contributed by atoms with E-state index in [-0.39, 0.29) is 40.5 Å². The van der Waals surface area contributed by atoms with Crippen molar-refractivity contribution in [3.63, 3.8) is 0 Å². The number of nitrogens with zero attached hydrogens (tertiary/aromatic N) is 1. The lowest BCUT2D eigenvalue weighted by Crippen LogP contribution is -2.31. The van der Waals surface area contributed by atoms with Gasteiger partial charge in [0.05, 0.1) is 30.4 Å². The number of Topliss-reactive ketones (excluding diaryl/α,β-unsaturated/α-hetero) is 1. The molecule has 1 amide bonds. The Bertz CT molecular complexity index is 1130. The molecule has 2 aromatic carbocycles. The predicted molar refractivity (Wildman–Crippen MR) is 133 cm³/mol. The minimum atomic E-state index is -1.07. The number of methoxy groups -OCH3 is 1. The average Bonchev–Trinajstić information content (AvgIpc) is 3.05. The van der Waals surface area contributed by atoms with Crippen LogP contribution in [0.15, 0.2) is 48.0 Å². The molecule has 1 saturated heterocycles. The number of carbonyl (C=O) groups is 2. The van der Waals surface area contributed by atoms with Crippen molar-refractivity contribution in [1.29, 1.82) is 0 Å². The number of aliphatic hydroxyl groups is 1. The number of amides is 1. The van der Waals surface area contributed by atoms with Crippen LogP contribution in [0.25, 0.3) is 5.76 Å². The first-order valence-electron chi connectivity index (χ1n) is 11.8. The lowest BCUT2D eigenvalue weighted by molar-refractivity contribution is -0.140. The molecule has 1 aliphatic heterocycles. The van der Waals surface area contributed by atoms with Gasteiger partial charge < -0.3 is 19.5 Å². The fraction of sp³-hybridized carbons (Fsp3) is 0.429. The van der Waals surface area contributed by atoms with Crippen LogP contribution in [0.4, 0.5) is 4.39 Å². The Morgan fingerprint density at radius 2 is 1.83 bits per heavy atom. The first-order valence-corrected chi connectivity index (χ1v) is 11.8. The van der Waals surface area contributed by atoms with Gasteiger partial charge in [0.15, 0.2) is 0 Å². The van der Waals surface area contributed by atoms with E-state index in [9.17, 15) is 19.1 Å². The summed E-state index contributed by atoms with van der Waals surface area (Å²) in [6, 6.07) is 10.3. The number of hydrogen-bond acceptors (Lipinski definition) is 5. The highest BCUT2D eigenvalue weighted by Crippen LogP contribution is 2.42. The quantitative estimate of drug-likeness (QED) is 0.237. The molecule has 1 fully saturated rings. The van der Waals surface area contributed by atoms with Crippen LogP contribution in [0.5, 0.6) is 5.75 Å². The molecule has 0 aromatic heterocycles. The third-order valence-corrected chi connectivity index (χ3v) is 6.05. The summed E-state index contributed by atoms with van der Waals surface area (Å²) < 4.78 is 26.0. The molecule has 1 unspecified atom stereocenters. The van der Waals surface area contributed by atoms with Crippen LogP contribution in [0, 0.1) is 5.82 Å². The van der Waals surface area contributed by atoms with E-state index in [1.54, 1.807) is 18.2 Å². The molecule has 2 aromatic rings. The first kappa shape index (κ1) is 26.4. The van der Waals surface area contributed by atoms with E-state index >= 15 is 0 Å². The van der Waals surface area contributed by atoms with Crippen LogP contribution in [0.2, 0.25) is 0 Å². The van der Waals surface area contributed by atoms with Crippen LogP contribution in [0.3, 0.4) is 0 Å². The largest absolute Gasteiger partial charge is 0.507 e. The summed E-state index contributed by atoms with van der Waals surface area (Å²) in [4.78, 5) is 27.7. The summed E-state index contributed by atoms with van der Waals surface area (Å²) in [6.07, 6.45) is 0.481. The molecule has 0 bridgehead atoms. The topological polar surface area (TPSA) is 76.1 Å². The molecule has 1 atom stereocenters. The van der Waals surface area contributed by atoms with E-state index in [1.165, 1.54) is 30.2 Å². The molecule has 0 aliphatic carbocycles. The zero-order valence-electron chi connectivity index (χ0n) is 21.2. The fourth-order valence-corrected chi connectivity index (χ4v) is 4.19. The number of carbonyl (C=O) groups excluding carboxylic acids is 2. The Morgan fingerprint density at radius 3 is 2.43 bits per heavy atom. The van der Waals surface area contributed by atoms with Gasteiger partial charge in [-0.2, -0.15) is 0 Å². The molecule has 1 aliphatic rings. The second-order valence-electron chi connectivity index (χ2n) is 9.95. The molecular weight excluding hydrogens is 449 g/mol. The van der Waals surface area contributed by atoms with Gasteiger partial charge in [-0.25, -0.2) is 4.39 Å². The Balaban J connectivity index is 2.17. The van der Waals surface area contributed by atoms with Crippen molar-refractivity contribution in [1.82, 2.24) is 4.90 Å². The fourth-order valence-electron chi connectivity index (χ4n) is 4.19. The second-order valence-corrected chi connectivity index (χ2v) is 9.95. The summed E-state index contributed by atoms with van der Waals surface area (Å²) >= 11 is 0. The van der Waals surface area contributed by atoms with Crippen LogP contribution in [-0.2, 0) is 19.7 Å². The molecule has 1 N–H and O–H groups in total. The zero-order valence-corrected chi connectivity index (χ0v) is 21.2. The molecule has 0 radical (unpaired) electrons. The number of ketones is 1. The van der Waals surface area contributed by atoms with Crippen molar-refractivity contribution in [2.24, 2.45) is 0 Å². The third-order valence-electron chi connectivity index (χ3n) is 6.05. The van der Waals surface area contributed by atoms with Crippen molar-refractivity contribution in [2.45, 2.75) is 58.6 Å². The van der Waals surface area contributed by atoms with Gasteiger partial charge in [0.1, 0.15) is 17.3 Å². The minimum absolute atomic E-state index is 0.0235. The van der Waals surface area contributed by atoms with Crippen LogP contribution in [0.1, 0.15) is 63.8 Å². The Hall–Kier alpha value is -3.19. The number of rotatable bonds is 8. The number of ether oxygens (including phenoxy) is 2. The molecule has 3 rings (SSSR count). The zero-order chi connectivity index (χ0) is 25.9. The van der Waals surface area contributed by atoms with E-state index in [2.05, 4.69) is 0 Å². The predicted octanol–water partition coefficient (Wildman–Crippen LogP) is 5.37. The number of aliphatic hydroxyl groups excluding tert-OH is 1. The maximum atomic E-state index is 15.0. The minimum Gasteiger partial charge on any atom is -0.507 e. The van der Waals surface area contributed by atoms with Crippen molar-refractivity contribution in [3.8, 4) is 5.75 Å². The van der Waals surface area contributed by atoms with Gasteiger partial charge in [-0.05, 0) is 49.4 Å². The molecule has 35 heavy (non-hydrogen) atoms. The molecule has 0 spiro atoms. The molecule has 7 heteroatoms. The van der Waals surface area contributed by atoms with Gasteiger partial charge >= 0.3 is 0 Å². The van der Waals surface area contributed by atoms with E-state index in [1.807, 2.05) is 40.7 Å². The summed E-state index contributed by atoms with van der Waals surface area (Å²) in [5.41, 5.74) is 0.928. The highest BCUT2D eigenvalue weighted by Gasteiger charge is 2.47. The van der Waals surface area contributed by atoms with E-state index in [0.29, 0.717) is 18.8 Å². The molecule has 1 heterocycles. The van der Waals surface area contributed by atoms with E-state index in [0.717, 1.165) is 5.56 Å². The van der Waals surface area contributed by atoms with Crippen molar-refractivity contribution in [2.75, 3.05) is 20.3 Å². The number of hydrogen-bond donors (Lipinski definition) is 1. The Kier molecular flexibility index (Phi) is 8.00. The summed E-state index contributed by atoms with van der Waals surface area (Å²) in [5.74, 6) is -2.25. The average molecular weight is 484 g/mol. The number of halogens is 1. The molecular formula is C28H34FNO5. The molecule has 0 saturated carbocycles. The standard InChI is InChI=1S/C28H34FNO5/c1-17(2)35-15-9-14-30-24(19-10-7-8-11-21(19)29)23(26(32)27(30)33)25(31)20-16-18(28(3,4)5)12-13-22(20)34-6/h7-8,10-13,16-17,24,31H,9,14-15H2,1-6H3/b25-23+. The van der Waals surface area contributed by atoms with Crippen molar-refractivity contribution < 1.29 is 28.6 Å². The van der Waals surface area contributed by atoms with Gasteiger partial charge in [-0.1, -0.05) is 45.0 Å². The van der Waals surface area contributed by atoms with Gasteiger partial charge in [0.25, 0.3) is 11.7 Å². The van der Waals surface area contributed by atoms with Gasteiger partial charge in [0.2, 0.25) is 0 Å².